The smallest absolute Gasteiger partial charge is 0.319 e. The molecule has 0 radical (unpaired) electrons. The van der Waals surface area contributed by atoms with E-state index in [0.717, 1.165) is 55.1 Å². The summed E-state index contributed by atoms with van der Waals surface area (Å²) < 4.78 is 5.36. The van der Waals surface area contributed by atoms with Crippen LogP contribution in [-0.2, 0) is 34.0 Å². The molecule has 3 amide bonds. The molecule has 2 aromatic carbocycles. The Labute approximate surface area is 231 Å². The largest absolute Gasteiger partial charge is 0.380 e. The van der Waals surface area contributed by atoms with Crippen molar-refractivity contribution >= 4 is 40.8 Å². The zero-order chi connectivity index (χ0) is 27.3. The first-order valence-electron chi connectivity index (χ1n) is 13.3. The maximum absolute atomic E-state index is 13.1. The van der Waals surface area contributed by atoms with Crippen LogP contribution in [0.4, 0.5) is 10.5 Å². The molecule has 0 aromatic heterocycles. The number of Topliss-reactive ketones (excluding diaryl/α,β-unsaturated/α-hetero) is 2. The predicted molar refractivity (Wildman–Crippen MR) is 145 cm³/mol. The number of fused-ring (bicyclic) bond motifs is 1. The summed E-state index contributed by atoms with van der Waals surface area (Å²) in [6.07, 6.45) is 0.602. The molecule has 0 bridgehead atoms. The highest BCUT2D eigenvalue weighted by Gasteiger charge is 2.48. The summed E-state index contributed by atoms with van der Waals surface area (Å²) in [6.45, 7) is 7.05. The zero-order valence-electron chi connectivity index (χ0n) is 21.8. The van der Waals surface area contributed by atoms with Gasteiger partial charge >= 0.3 is 6.03 Å². The lowest BCUT2D eigenvalue weighted by molar-refractivity contribution is -0.191. The van der Waals surface area contributed by atoms with Crippen molar-refractivity contribution in [1.29, 1.82) is 0 Å². The van der Waals surface area contributed by atoms with Crippen LogP contribution in [0.15, 0.2) is 30.3 Å². The Bertz CT molecular complexity index is 1380. The van der Waals surface area contributed by atoms with Gasteiger partial charge in [-0.3, -0.25) is 19.3 Å². The van der Waals surface area contributed by atoms with E-state index in [1.165, 1.54) is 0 Å². The molecule has 39 heavy (non-hydrogen) atoms. The number of amides is 3. The van der Waals surface area contributed by atoms with Crippen molar-refractivity contribution in [2.75, 3.05) is 31.6 Å². The fraction of sp³-hybridized carbons (Fsp3) is 0.448. The van der Waals surface area contributed by atoms with Gasteiger partial charge in [0.1, 0.15) is 5.78 Å². The summed E-state index contributed by atoms with van der Waals surface area (Å²) in [7, 11) is 0. The van der Waals surface area contributed by atoms with Crippen LogP contribution in [-0.4, -0.2) is 65.6 Å². The number of ketones is 2. The Kier molecular flexibility index (Phi) is 6.69. The number of hydrogen-bond donors (Lipinski definition) is 2. The normalized spacial score (nSPS) is 21.9. The van der Waals surface area contributed by atoms with Gasteiger partial charge in [0.15, 0.2) is 5.78 Å². The number of likely N-dealkylation sites (tertiary alicyclic amines) is 1. The van der Waals surface area contributed by atoms with Gasteiger partial charge in [0.25, 0.3) is 5.91 Å². The first-order valence-corrected chi connectivity index (χ1v) is 13.7. The Morgan fingerprint density at radius 3 is 2.67 bits per heavy atom. The van der Waals surface area contributed by atoms with Crippen LogP contribution >= 0.6 is 11.6 Å². The SMILES string of the molecule is Cc1c(Cl)cc(NC(=O)NCc2ccc3c(c2)C(=O)N(C2CCC(=O)CC2=O)C3)cc1CN1CC2(COC2)C1. The molecule has 1 atom stereocenters. The Hall–Kier alpha value is -3.27. The van der Waals surface area contributed by atoms with E-state index < -0.39 is 6.04 Å². The highest BCUT2D eigenvalue weighted by molar-refractivity contribution is 6.31. The lowest BCUT2D eigenvalue weighted by Gasteiger charge is -2.55. The minimum atomic E-state index is -0.546. The molecular weight excluding hydrogens is 520 g/mol. The second kappa shape index (κ2) is 10.0. The molecule has 1 aliphatic carbocycles. The topological polar surface area (TPSA) is 108 Å². The van der Waals surface area contributed by atoms with E-state index in [2.05, 4.69) is 15.5 Å². The summed E-state index contributed by atoms with van der Waals surface area (Å²) in [5.74, 6) is -0.458. The minimum Gasteiger partial charge on any atom is -0.380 e. The fourth-order valence-electron chi connectivity index (χ4n) is 6.08. The first-order chi connectivity index (χ1) is 18.7. The van der Waals surface area contributed by atoms with Crippen LogP contribution in [0.25, 0.3) is 0 Å². The van der Waals surface area contributed by atoms with Crippen molar-refractivity contribution in [2.45, 2.75) is 51.9 Å². The summed E-state index contributed by atoms with van der Waals surface area (Å²) in [4.78, 5) is 53.7. The van der Waals surface area contributed by atoms with Crippen LogP contribution in [0.2, 0.25) is 5.02 Å². The van der Waals surface area contributed by atoms with E-state index in [1.807, 2.05) is 25.1 Å². The van der Waals surface area contributed by atoms with Gasteiger partial charge in [0, 0.05) is 60.8 Å². The molecule has 204 valence electrons. The summed E-state index contributed by atoms with van der Waals surface area (Å²) in [6, 6.07) is 8.30. The number of anilines is 1. The third-order valence-corrected chi connectivity index (χ3v) is 8.71. The zero-order valence-corrected chi connectivity index (χ0v) is 22.6. The molecule has 6 rings (SSSR count). The quantitative estimate of drug-likeness (QED) is 0.533. The molecule has 2 N–H and O–H groups in total. The maximum atomic E-state index is 13.1. The number of carbonyl (C=O) groups excluding carboxylic acids is 4. The van der Waals surface area contributed by atoms with Gasteiger partial charge in [-0.15, -0.1) is 0 Å². The van der Waals surface area contributed by atoms with Gasteiger partial charge in [-0.1, -0.05) is 23.7 Å². The van der Waals surface area contributed by atoms with Gasteiger partial charge in [-0.05, 0) is 53.8 Å². The molecule has 3 fully saturated rings. The lowest BCUT2D eigenvalue weighted by Crippen LogP contribution is -2.65. The van der Waals surface area contributed by atoms with Gasteiger partial charge in [-0.25, -0.2) is 4.79 Å². The van der Waals surface area contributed by atoms with Crippen molar-refractivity contribution in [3.8, 4) is 0 Å². The molecule has 1 unspecified atom stereocenters. The fourth-order valence-corrected chi connectivity index (χ4v) is 6.32. The molecule has 2 saturated heterocycles. The highest BCUT2D eigenvalue weighted by Crippen LogP contribution is 2.39. The van der Waals surface area contributed by atoms with Gasteiger partial charge in [0.05, 0.1) is 25.7 Å². The third-order valence-electron chi connectivity index (χ3n) is 8.31. The second-order valence-corrected chi connectivity index (χ2v) is 11.8. The van der Waals surface area contributed by atoms with E-state index in [9.17, 15) is 19.2 Å². The van der Waals surface area contributed by atoms with Crippen LogP contribution in [0.3, 0.4) is 0 Å². The Morgan fingerprint density at radius 1 is 1.15 bits per heavy atom. The molecule has 3 aliphatic heterocycles. The average molecular weight is 551 g/mol. The number of ether oxygens (including phenoxy) is 1. The molecule has 1 saturated carbocycles. The first kappa shape index (κ1) is 26.0. The Balaban J connectivity index is 1.05. The summed E-state index contributed by atoms with van der Waals surface area (Å²) >= 11 is 6.48. The van der Waals surface area contributed by atoms with Crippen molar-refractivity contribution in [2.24, 2.45) is 5.41 Å². The average Bonchev–Trinajstić information content (AvgIpc) is 3.17. The number of halogens is 1. The van der Waals surface area contributed by atoms with Crippen molar-refractivity contribution in [3.63, 3.8) is 0 Å². The summed E-state index contributed by atoms with van der Waals surface area (Å²) in [5, 5.41) is 6.33. The number of carbonyl (C=O) groups is 4. The third kappa shape index (κ3) is 5.06. The molecule has 3 heterocycles. The molecule has 2 aromatic rings. The van der Waals surface area contributed by atoms with E-state index in [-0.39, 0.29) is 36.5 Å². The van der Waals surface area contributed by atoms with Crippen LogP contribution < -0.4 is 10.6 Å². The lowest BCUT2D eigenvalue weighted by atomic mass is 9.78. The molecule has 4 aliphatic rings. The number of nitrogens with zero attached hydrogens (tertiary/aromatic N) is 2. The maximum Gasteiger partial charge on any atom is 0.319 e. The molecular formula is C29H31ClN4O5. The van der Waals surface area contributed by atoms with E-state index in [4.69, 9.17) is 16.3 Å². The Morgan fingerprint density at radius 2 is 1.95 bits per heavy atom. The standard InChI is InChI=1S/C29H31ClN4O5/c1-17-20(11-33-13-29(14-33)15-39-16-29)7-21(8-24(17)30)32-28(38)31-10-18-2-3-19-12-34(27(37)23(19)6-18)25-5-4-22(35)9-26(25)36/h2-3,6-8,25H,4-5,9-16H2,1H3,(H2,31,32,38). The van der Waals surface area contributed by atoms with Crippen molar-refractivity contribution < 1.29 is 23.9 Å². The van der Waals surface area contributed by atoms with Crippen LogP contribution in [0.1, 0.15) is 51.9 Å². The minimum absolute atomic E-state index is 0.0651. The van der Waals surface area contributed by atoms with Gasteiger partial charge in [0.2, 0.25) is 0 Å². The molecule has 10 heteroatoms. The van der Waals surface area contributed by atoms with E-state index in [1.54, 1.807) is 17.0 Å². The number of benzene rings is 2. The van der Waals surface area contributed by atoms with Gasteiger partial charge in [-0.2, -0.15) is 0 Å². The van der Waals surface area contributed by atoms with Crippen molar-refractivity contribution in [3.05, 3.63) is 63.2 Å². The van der Waals surface area contributed by atoms with Gasteiger partial charge < -0.3 is 20.3 Å². The molecule has 9 nitrogen and oxygen atoms in total. The second-order valence-electron chi connectivity index (χ2n) is 11.3. The highest BCUT2D eigenvalue weighted by atomic mass is 35.5. The number of rotatable bonds is 6. The van der Waals surface area contributed by atoms with Crippen molar-refractivity contribution in [1.82, 2.24) is 15.1 Å². The summed E-state index contributed by atoms with van der Waals surface area (Å²) in [5.41, 5.74) is 5.20. The van der Waals surface area contributed by atoms with E-state index >= 15 is 0 Å². The van der Waals surface area contributed by atoms with E-state index in [0.29, 0.717) is 41.1 Å². The predicted octanol–water partition coefficient (Wildman–Crippen LogP) is 3.45. The number of hydrogen-bond acceptors (Lipinski definition) is 6. The number of urea groups is 1. The van der Waals surface area contributed by atoms with Crippen LogP contribution in [0.5, 0.6) is 0 Å². The van der Waals surface area contributed by atoms with Crippen LogP contribution in [0, 0.1) is 12.3 Å². The molecule has 1 spiro atoms. The monoisotopic (exact) mass is 550 g/mol. The number of nitrogens with one attached hydrogen (secondary N) is 2.